The van der Waals surface area contributed by atoms with Crippen molar-refractivity contribution in [3.8, 4) is 0 Å². The molecule has 8 nitrogen and oxygen atoms in total. The summed E-state index contributed by atoms with van der Waals surface area (Å²) in [5.41, 5.74) is 14.2. The van der Waals surface area contributed by atoms with Gasteiger partial charge in [0, 0.05) is 108 Å². The fraction of sp³-hybridized carbons (Fsp3) is 0.418. The Labute approximate surface area is 376 Å². The first kappa shape index (κ1) is 44.2. The monoisotopic (exact) mass is 845 g/mol. The van der Waals surface area contributed by atoms with Crippen molar-refractivity contribution >= 4 is 23.2 Å². The van der Waals surface area contributed by atoms with Gasteiger partial charge in [-0.25, -0.2) is 0 Å². The van der Waals surface area contributed by atoms with E-state index >= 15 is 0 Å². The zero-order valence-electron chi connectivity index (χ0n) is 38.5. The minimum Gasteiger partial charge on any atom is -0.368 e. The van der Waals surface area contributed by atoms with E-state index in [2.05, 4.69) is 187 Å². The van der Waals surface area contributed by atoms with Crippen molar-refractivity contribution in [1.82, 2.24) is 20.0 Å². The van der Waals surface area contributed by atoms with E-state index in [0.717, 1.165) is 85.1 Å². The fourth-order valence-corrected chi connectivity index (χ4v) is 10.3. The molecule has 4 heterocycles. The highest BCUT2D eigenvalue weighted by Gasteiger charge is 2.41. The van der Waals surface area contributed by atoms with Gasteiger partial charge < -0.3 is 24.9 Å². The predicted octanol–water partition coefficient (Wildman–Crippen LogP) is 8.44. The van der Waals surface area contributed by atoms with Crippen LogP contribution >= 0.6 is 0 Å². The van der Waals surface area contributed by atoms with Gasteiger partial charge in [0.15, 0.2) is 0 Å². The van der Waals surface area contributed by atoms with Crippen molar-refractivity contribution in [2.45, 2.75) is 59.9 Å². The highest BCUT2D eigenvalue weighted by molar-refractivity contribution is 5.82. The number of piperazine rings is 2. The summed E-state index contributed by atoms with van der Waals surface area (Å²) in [5.74, 6) is 1.22. The molecule has 1 N–H and O–H groups in total. The second-order valence-corrected chi connectivity index (χ2v) is 18.8. The number of anilines is 2. The van der Waals surface area contributed by atoms with Crippen molar-refractivity contribution in [2.75, 3.05) is 88.3 Å². The van der Waals surface area contributed by atoms with Gasteiger partial charge in [0.1, 0.15) is 0 Å². The third-order valence-corrected chi connectivity index (χ3v) is 14.1. The maximum atomic E-state index is 13.9. The number of aryl methyl sites for hydroxylation is 6. The van der Waals surface area contributed by atoms with Crippen molar-refractivity contribution in [3.63, 3.8) is 0 Å². The van der Waals surface area contributed by atoms with Crippen LogP contribution in [0, 0.1) is 53.4 Å². The molecule has 2 amide bonds. The Morgan fingerprint density at radius 1 is 0.492 bits per heavy atom. The topological polar surface area (TPSA) is 62.4 Å². The Hall–Kier alpha value is -5.44. The summed E-state index contributed by atoms with van der Waals surface area (Å²) in [7, 11) is 0. The molecule has 4 aliphatic heterocycles. The normalized spacial score (nSPS) is 21.6. The first-order valence-corrected chi connectivity index (χ1v) is 23.3. The van der Waals surface area contributed by atoms with Crippen LogP contribution in [0.5, 0.6) is 0 Å². The van der Waals surface area contributed by atoms with E-state index in [1.807, 2.05) is 0 Å². The van der Waals surface area contributed by atoms with Crippen LogP contribution in [0.1, 0.15) is 61.9 Å². The van der Waals surface area contributed by atoms with Crippen LogP contribution in [0.3, 0.4) is 0 Å². The SMILES string of the molecule is Cc1ccc([C@@H]2CN(Cc3ccccc3)C[C@H]2C(=O)N2CCN(c3cc(C)ccc3C)CC2)cc1.Cc1ccc([C@@H]2CNC[C@H]2C(=O)N2CCN(c3cc(C)ccc3C)CC2)cc1. The number of carbonyl (C=O) groups is 2. The molecule has 9 rings (SSSR count). The molecule has 0 spiro atoms. The maximum Gasteiger partial charge on any atom is 0.227 e. The molecule has 0 radical (unpaired) electrons. The molecule has 4 aliphatic rings. The fourth-order valence-electron chi connectivity index (χ4n) is 10.3. The van der Waals surface area contributed by atoms with Gasteiger partial charge in [-0.05, 0) is 92.6 Å². The lowest BCUT2D eigenvalue weighted by Crippen LogP contribution is -2.51. The quantitative estimate of drug-likeness (QED) is 0.169. The highest BCUT2D eigenvalue weighted by Crippen LogP contribution is 2.36. The predicted molar refractivity (Wildman–Crippen MR) is 259 cm³/mol. The summed E-state index contributed by atoms with van der Waals surface area (Å²) in [6, 6.07) is 41.4. The van der Waals surface area contributed by atoms with Gasteiger partial charge in [-0.3, -0.25) is 14.5 Å². The van der Waals surface area contributed by atoms with E-state index in [0.29, 0.717) is 11.8 Å². The zero-order chi connectivity index (χ0) is 44.0. The number of rotatable bonds is 8. The molecule has 0 bridgehead atoms. The molecule has 4 saturated heterocycles. The Morgan fingerprint density at radius 2 is 0.952 bits per heavy atom. The maximum absolute atomic E-state index is 13.9. The van der Waals surface area contributed by atoms with Gasteiger partial charge in [0.05, 0.1) is 11.8 Å². The molecule has 4 fully saturated rings. The standard InChI is InChI=1S/C31H37N3O.C24H31N3O/c1-23-10-13-27(14-11-23)28-21-32(20-26-7-5-4-6-8-26)22-29(28)31(35)34-17-15-33(16-18-34)30-19-24(2)9-12-25(30)3;1-17-5-8-20(9-6-17)21-15-25-16-22(21)24(28)27-12-10-26(11-13-27)23-14-18(2)4-7-19(23)3/h4-14,19,28-29H,15-18,20-22H2,1-3H3;4-9,14,21-22,25H,10-13,15-16H2,1-3H3/t28-,29+;21-,22+/m00/s1. The van der Waals surface area contributed by atoms with Crippen LogP contribution < -0.4 is 15.1 Å². The molecule has 4 atom stereocenters. The summed E-state index contributed by atoms with van der Waals surface area (Å²) in [5, 5.41) is 3.45. The van der Waals surface area contributed by atoms with Crippen molar-refractivity contribution in [2.24, 2.45) is 11.8 Å². The number of hydrogen-bond donors (Lipinski definition) is 1. The molecule has 0 unspecified atom stereocenters. The minimum absolute atomic E-state index is 0.00803. The van der Waals surface area contributed by atoms with E-state index in [4.69, 9.17) is 0 Å². The van der Waals surface area contributed by atoms with Gasteiger partial charge in [-0.15, -0.1) is 0 Å². The van der Waals surface area contributed by atoms with Crippen molar-refractivity contribution in [1.29, 1.82) is 0 Å². The van der Waals surface area contributed by atoms with E-state index in [-0.39, 0.29) is 23.7 Å². The van der Waals surface area contributed by atoms with E-state index in [1.165, 1.54) is 61.4 Å². The lowest BCUT2D eigenvalue weighted by atomic mass is 9.87. The third kappa shape index (κ3) is 10.5. The Kier molecular flexibility index (Phi) is 14.0. The molecule has 8 heteroatoms. The number of nitrogens with zero attached hydrogens (tertiary/aromatic N) is 5. The molecule has 330 valence electrons. The minimum atomic E-state index is 0.00803. The number of likely N-dealkylation sites (tertiary alicyclic amines) is 1. The summed E-state index contributed by atoms with van der Waals surface area (Å²) in [6.07, 6.45) is 0. The molecular formula is C55H68N6O2. The van der Waals surface area contributed by atoms with Crippen LogP contribution in [-0.4, -0.2) is 105 Å². The first-order chi connectivity index (χ1) is 30.5. The van der Waals surface area contributed by atoms with Crippen molar-refractivity contribution < 1.29 is 9.59 Å². The van der Waals surface area contributed by atoms with E-state index in [1.54, 1.807) is 0 Å². The number of nitrogens with one attached hydrogen (secondary N) is 1. The van der Waals surface area contributed by atoms with Gasteiger partial charge in [-0.2, -0.15) is 0 Å². The number of benzene rings is 5. The number of amides is 2. The summed E-state index contributed by atoms with van der Waals surface area (Å²) in [4.78, 5) is 38.7. The van der Waals surface area contributed by atoms with Crippen LogP contribution in [0.2, 0.25) is 0 Å². The molecule has 5 aromatic rings. The lowest BCUT2D eigenvalue weighted by Gasteiger charge is -2.38. The average Bonchev–Trinajstić information content (AvgIpc) is 3.97. The smallest absolute Gasteiger partial charge is 0.227 e. The Morgan fingerprint density at radius 3 is 1.46 bits per heavy atom. The number of hydrogen-bond acceptors (Lipinski definition) is 6. The highest BCUT2D eigenvalue weighted by atomic mass is 16.2. The van der Waals surface area contributed by atoms with Gasteiger partial charge in [0.25, 0.3) is 0 Å². The third-order valence-electron chi connectivity index (χ3n) is 14.1. The molecule has 0 aliphatic carbocycles. The lowest BCUT2D eigenvalue weighted by molar-refractivity contribution is -0.136. The van der Waals surface area contributed by atoms with Crippen LogP contribution in [0.15, 0.2) is 115 Å². The average molecular weight is 845 g/mol. The molecule has 5 aromatic carbocycles. The molecule has 0 saturated carbocycles. The second kappa shape index (κ2) is 19.9. The Balaban J connectivity index is 0.000000177. The van der Waals surface area contributed by atoms with Crippen LogP contribution in [0.25, 0.3) is 0 Å². The van der Waals surface area contributed by atoms with Crippen LogP contribution in [0.4, 0.5) is 11.4 Å². The van der Waals surface area contributed by atoms with Gasteiger partial charge >= 0.3 is 0 Å². The van der Waals surface area contributed by atoms with Crippen molar-refractivity contribution in [3.05, 3.63) is 165 Å². The van der Waals surface area contributed by atoms with E-state index < -0.39 is 0 Å². The number of carbonyl (C=O) groups excluding carboxylic acids is 2. The first-order valence-electron chi connectivity index (χ1n) is 23.3. The largest absolute Gasteiger partial charge is 0.368 e. The molecule has 0 aromatic heterocycles. The summed E-state index contributed by atoms with van der Waals surface area (Å²) in [6.45, 7) is 24.0. The van der Waals surface area contributed by atoms with E-state index in [9.17, 15) is 9.59 Å². The van der Waals surface area contributed by atoms with Gasteiger partial charge in [0.2, 0.25) is 11.8 Å². The van der Waals surface area contributed by atoms with Crippen LogP contribution in [-0.2, 0) is 16.1 Å². The second-order valence-electron chi connectivity index (χ2n) is 18.8. The molecular weight excluding hydrogens is 777 g/mol. The van der Waals surface area contributed by atoms with Gasteiger partial charge in [-0.1, -0.05) is 114 Å². The zero-order valence-corrected chi connectivity index (χ0v) is 38.5. The Bertz CT molecular complexity index is 2310. The summed E-state index contributed by atoms with van der Waals surface area (Å²) >= 11 is 0. The molecule has 63 heavy (non-hydrogen) atoms. The summed E-state index contributed by atoms with van der Waals surface area (Å²) < 4.78 is 0.